The number of aromatic nitrogens is 1. The second-order valence-corrected chi connectivity index (χ2v) is 7.17. The smallest absolute Gasteiger partial charge is 0.338 e. The van der Waals surface area contributed by atoms with Gasteiger partial charge >= 0.3 is 11.7 Å². The van der Waals surface area contributed by atoms with Crippen LogP contribution in [0.2, 0.25) is 10.2 Å². The summed E-state index contributed by atoms with van der Waals surface area (Å²) in [5.41, 5.74) is 0.149. The van der Waals surface area contributed by atoms with Crippen LogP contribution in [0.4, 0.5) is 11.4 Å². The molecule has 2 aromatic carbocycles. The molecule has 11 heteroatoms. The minimum atomic E-state index is -1.11. The molecule has 0 bridgehead atoms. The number of hydrogen-bond donors (Lipinski definition) is 1. The highest BCUT2D eigenvalue weighted by Crippen LogP contribution is 2.33. The maximum Gasteiger partial charge on any atom is 0.338 e. The summed E-state index contributed by atoms with van der Waals surface area (Å²) in [5, 5.41) is 14.0. The molecule has 0 saturated carbocycles. The molecule has 1 heterocycles. The Labute approximate surface area is 192 Å². The van der Waals surface area contributed by atoms with Gasteiger partial charge in [-0.25, -0.2) is 9.78 Å². The first-order chi connectivity index (χ1) is 15.2. The average Bonchev–Trinajstić information content (AvgIpc) is 2.76. The summed E-state index contributed by atoms with van der Waals surface area (Å²) in [6, 6.07) is 12.9. The Balaban J connectivity index is 1.63. The van der Waals surface area contributed by atoms with Crippen molar-refractivity contribution in [1.29, 1.82) is 0 Å². The standard InChI is InChI=1S/C21H15Cl2N3O6/c1-12(20(27)25-16-3-2-10-24-19(16)23)31-21(28)13-4-7-15(8-5-13)32-18-9-6-14(22)11-17(18)26(29)30/h2-12H,1H3,(H,25,27). The number of benzene rings is 2. The number of anilines is 1. The fraction of sp³-hybridized carbons (Fsp3) is 0.0952. The van der Waals surface area contributed by atoms with Crippen LogP contribution in [-0.2, 0) is 9.53 Å². The molecular formula is C21H15Cl2N3O6. The highest BCUT2D eigenvalue weighted by Gasteiger charge is 2.21. The molecule has 0 aliphatic rings. The summed E-state index contributed by atoms with van der Waals surface area (Å²) in [7, 11) is 0. The van der Waals surface area contributed by atoms with E-state index in [0.29, 0.717) is 5.69 Å². The summed E-state index contributed by atoms with van der Waals surface area (Å²) in [6.45, 7) is 1.41. The SMILES string of the molecule is CC(OC(=O)c1ccc(Oc2ccc(Cl)cc2[N+](=O)[O-])cc1)C(=O)Nc1cccnc1Cl. The van der Waals surface area contributed by atoms with Gasteiger partial charge in [-0.2, -0.15) is 0 Å². The van der Waals surface area contributed by atoms with E-state index in [-0.39, 0.29) is 32.9 Å². The van der Waals surface area contributed by atoms with Crippen LogP contribution in [0.15, 0.2) is 60.8 Å². The Morgan fingerprint density at radius 2 is 1.84 bits per heavy atom. The third-order valence-corrected chi connectivity index (χ3v) is 4.64. The molecule has 0 saturated heterocycles. The van der Waals surface area contributed by atoms with E-state index in [0.717, 1.165) is 0 Å². The van der Waals surface area contributed by atoms with Crippen molar-refractivity contribution in [1.82, 2.24) is 4.98 Å². The number of amides is 1. The number of carbonyl (C=O) groups is 2. The number of nitrogens with one attached hydrogen (secondary N) is 1. The van der Waals surface area contributed by atoms with Crippen LogP contribution < -0.4 is 10.1 Å². The van der Waals surface area contributed by atoms with Crippen LogP contribution in [-0.4, -0.2) is 27.9 Å². The van der Waals surface area contributed by atoms with Crippen LogP contribution in [0.25, 0.3) is 0 Å². The van der Waals surface area contributed by atoms with Crippen molar-refractivity contribution in [2.75, 3.05) is 5.32 Å². The first-order valence-electron chi connectivity index (χ1n) is 9.09. The van der Waals surface area contributed by atoms with Crippen LogP contribution in [0, 0.1) is 10.1 Å². The summed E-state index contributed by atoms with van der Waals surface area (Å²) in [5.74, 6) is -1.07. The molecule has 1 amide bonds. The number of hydrogen-bond acceptors (Lipinski definition) is 7. The van der Waals surface area contributed by atoms with Crippen molar-refractivity contribution < 1.29 is 24.0 Å². The van der Waals surface area contributed by atoms with Gasteiger partial charge < -0.3 is 14.8 Å². The maximum atomic E-state index is 12.3. The van der Waals surface area contributed by atoms with Gasteiger partial charge in [0.1, 0.15) is 5.75 Å². The summed E-state index contributed by atoms with van der Waals surface area (Å²) in [4.78, 5) is 39.0. The van der Waals surface area contributed by atoms with Gasteiger partial charge in [-0.05, 0) is 55.5 Å². The Kier molecular flexibility index (Phi) is 7.24. The average molecular weight is 476 g/mol. The van der Waals surface area contributed by atoms with Gasteiger partial charge in [0, 0.05) is 17.3 Å². The van der Waals surface area contributed by atoms with Crippen molar-refractivity contribution in [2.45, 2.75) is 13.0 Å². The molecule has 9 nitrogen and oxygen atoms in total. The van der Waals surface area contributed by atoms with Crippen LogP contribution in [0.3, 0.4) is 0 Å². The van der Waals surface area contributed by atoms with E-state index in [9.17, 15) is 19.7 Å². The van der Waals surface area contributed by atoms with Crippen molar-refractivity contribution in [3.8, 4) is 11.5 Å². The molecule has 0 aliphatic heterocycles. The fourth-order valence-corrected chi connectivity index (χ4v) is 2.83. The number of nitro groups is 1. The Bertz CT molecular complexity index is 1170. The molecule has 32 heavy (non-hydrogen) atoms. The normalized spacial score (nSPS) is 11.3. The zero-order valence-electron chi connectivity index (χ0n) is 16.5. The third-order valence-electron chi connectivity index (χ3n) is 4.11. The van der Waals surface area contributed by atoms with Gasteiger partial charge in [-0.3, -0.25) is 14.9 Å². The van der Waals surface area contributed by atoms with Gasteiger partial charge in [0.05, 0.1) is 16.2 Å². The first kappa shape index (κ1) is 23.0. The molecule has 0 radical (unpaired) electrons. The molecule has 0 aliphatic carbocycles. The molecule has 3 aromatic rings. The van der Waals surface area contributed by atoms with Crippen molar-refractivity contribution in [3.05, 3.63) is 86.6 Å². The van der Waals surface area contributed by atoms with Gasteiger partial charge in [0.2, 0.25) is 5.75 Å². The lowest BCUT2D eigenvalue weighted by atomic mass is 10.2. The van der Waals surface area contributed by atoms with Crippen LogP contribution in [0.1, 0.15) is 17.3 Å². The molecule has 3 rings (SSSR count). The topological polar surface area (TPSA) is 121 Å². The second kappa shape index (κ2) is 10.1. The number of nitro benzene ring substituents is 1. The zero-order chi connectivity index (χ0) is 23.3. The quantitative estimate of drug-likeness (QED) is 0.213. The summed E-state index contributed by atoms with van der Waals surface area (Å²) < 4.78 is 10.7. The highest BCUT2D eigenvalue weighted by atomic mass is 35.5. The largest absolute Gasteiger partial charge is 0.450 e. The summed E-state index contributed by atoms with van der Waals surface area (Å²) in [6.07, 6.45) is 0.367. The lowest BCUT2D eigenvalue weighted by molar-refractivity contribution is -0.385. The molecular weight excluding hydrogens is 461 g/mol. The number of halogens is 2. The van der Waals surface area contributed by atoms with Gasteiger partial charge in [-0.15, -0.1) is 0 Å². The second-order valence-electron chi connectivity index (χ2n) is 6.37. The van der Waals surface area contributed by atoms with Crippen molar-refractivity contribution in [2.24, 2.45) is 0 Å². The number of ether oxygens (including phenoxy) is 2. The molecule has 1 atom stereocenters. The predicted octanol–water partition coefficient (Wildman–Crippen LogP) is 5.27. The summed E-state index contributed by atoms with van der Waals surface area (Å²) >= 11 is 11.7. The number of carbonyl (C=O) groups excluding carboxylic acids is 2. The van der Waals surface area contributed by atoms with E-state index in [1.807, 2.05) is 0 Å². The van der Waals surface area contributed by atoms with E-state index in [2.05, 4.69) is 10.3 Å². The molecule has 0 fully saturated rings. The van der Waals surface area contributed by atoms with E-state index in [4.69, 9.17) is 32.7 Å². The van der Waals surface area contributed by atoms with Gasteiger partial charge in [-0.1, -0.05) is 23.2 Å². The minimum Gasteiger partial charge on any atom is -0.450 e. The molecule has 1 N–H and O–H groups in total. The lowest BCUT2D eigenvalue weighted by Gasteiger charge is -2.14. The van der Waals surface area contributed by atoms with E-state index < -0.39 is 22.9 Å². The van der Waals surface area contributed by atoms with E-state index >= 15 is 0 Å². The maximum absolute atomic E-state index is 12.3. The molecule has 1 aromatic heterocycles. The van der Waals surface area contributed by atoms with Gasteiger partial charge in [0.15, 0.2) is 11.3 Å². The predicted molar refractivity (Wildman–Crippen MR) is 117 cm³/mol. The first-order valence-corrected chi connectivity index (χ1v) is 9.84. The lowest BCUT2D eigenvalue weighted by Crippen LogP contribution is -2.30. The van der Waals surface area contributed by atoms with E-state index in [1.54, 1.807) is 12.1 Å². The third kappa shape index (κ3) is 5.71. The number of nitrogens with zero attached hydrogens (tertiary/aromatic N) is 2. The van der Waals surface area contributed by atoms with Gasteiger partial charge in [0.25, 0.3) is 5.91 Å². The number of rotatable bonds is 7. The number of pyridine rings is 1. The number of esters is 1. The van der Waals surface area contributed by atoms with E-state index in [1.165, 1.54) is 55.6 Å². The Morgan fingerprint density at radius 3 is 2.50 bits per heavy atom. The monoisotopic (exact) mass is 475 g/mol. The minimum absolute atomic E-state index is 0.00548. The van der Waals surface area contributed by atoms with Crippen LogP contribution >= 0.6 is 23.2 Å². The van der Waals surface area contributed by atoms with Crippen molar-refractivity contribution >= 4 is 46.5 Å². The fourth-order valence-electron chi connectivity index (χ4n) is 2.50. The molecule has 1 unspecified atom stereocenters. The Morgan fingerprint density at radius 1 is 1.12 bits per heavy atom. The van der Waals surface area contributed by atoms with Crippen molar-refractivity contribution in [3.63, 3.8) is 0 Å². The van der Waals surface area contributed by atoms with Crippen LogP contribution in [0.5, 0.6) is 11.5 Å². The zero-order valence-corrected chi connectivity index (χ0v) is 18.0. The Hall–Kier alpha value is -3.69. The molecule has 0 spiro atoms. The highest BCUT2D eigenvalue weighted by molar-refractivity contribution is 6.32. The molecule has 164 valence electrons.